The van der Waals surface area contributed by atoms with Crippen molar-refractivity contribution in [3.05, 3.63) is 21.6 Å². The minimum Gasteiger partial charge on any atom is -0.324 e. The van der Waals surface area contributed by atoms with E-state index in [9.17, 15) is 0 Å². The van der Waals surface area contributed by atoms with Crippen LogP contribution in [0.3, 0.4) is 0 Å². The third-order valence-electron chi connectivity index (χ3n) is 1.09. The molecule has 1 nitrogen and oxygen atoms in total. The normalized spacial score (nSPS) is 15.5. The lowest BCUT2D eigenvalue weighted by Gasteiger charge is -2.05. The third-order valence-corrected chi connectivity index (χ3v) is 2.18. The minimum absolute atomic E-state index is 0.0959. The van der Waals surface area contributed by atoms with Gasteiger partial charge in [-0.3, -0.25) is 0 Å². The molecule has 0 heterocycles. The largest absolute Gasteiger partial charge is 0.324 e. The van der Waals surface area contributed by atoms with Crippen molar-refractivity contribution < 1.29 is 0 Å². The molecule has 11 heavy (non-hydrogen) atoms. The molecule has 0 radical (unpaired) electrons. The van der Waals surface area contributed by atoms with Gasteiger partial charge in [0.25, 0.3) is 0 Å². The first-order valence-corrected chi connectivity index (χ1v) is 4.26. The van der Waals surface area contributed by atoms with Crippen molar-refractivity contribution in [1.82, 2.24) is 0 Å². The Labute approximate surface area is 78.7 Å². The van der Waals surface area contributed by atoms with Gasteiger partial charge in [0.05, 0.1) is 5.03 Å². The zero-order chi connectivity index (χ0) is 9.02. The maximum atomic E-state index is 5.87. The zero-order valence-electron chi connectivity index (χ0n) is 7.06. The SMILES string of the molecule is CC(C)=C/C(Cl)=C(\S)C(C)N. The standard InChI is InChI=1S/C8H14ClNS/c1-5(2)4-7(9)8(11)6(3)10/h4,6,11H,10H2,1-3H3/b8-7+. The van der Waals surface area contributed by atoms with E-state index in [1.807, 2.05) is 26.8 Å². The molecule has 1 atom stereocenters. The summed E-state index contributed by atoms with van der Waals surface area (Å²) < 4.78 is 0. The highest BCUT2D eigenvalue weighted by Crippen LogP contribution is 2.18. The molecule has 0 aromatic heterocycles. The average Bonchev–Trinajstić information content (AvgIpc) is 1.84. The zero-order valence-corrected chi connectivity index (χ0v) is 8.71. The second-order valence-corrected chi connectivity index (χ2v) is 3.63. The van der Waals surface area contributed by atoms with E-state index in [0.717, 1.165) is 10.5 Å². The summed E-state index contributed by atoms with van der Waals surface area (Å²) in [5.41, 5.74) is 6.71. The first kappa shape index (κ1) is 11.1. The van der Waals surface area contributed by atoms with Gasteiger partial charge in [-0.2, -0.15) is 0 Å². The van der Waals surface area contributed by atoms with E-state index in [0.29, 0.717) is 5.03 Å². The van der Waals surface area contributed by atoms with Gasteiger partial charge in [-0.25, -0.2) is 0 Å². The van der Waals surface area contributed by atoms with Crippen molar-refractivity contribution in [3.63, 3.8) is 0 Å². The molecule has 0 aromatic rings. The molecule has 0 aromatic carbocycles. The number of halogens is 1. The van der Waals surface area contributed by atoms with Gasteiger partial charge in [0.1, 0.15) is 0 Å². The van der Waals surface area contributed by atoms with E-state index in [4.69, 9.17) is 17.3 Å². The second-order valence-electron chi connectivity index (χ2n) is 2.74. The molecule has 3 heteroatoms. The van der Waals surface area contributed by atoms with Crippen LogP contribution < -0.4 is 5.73 Å². The molecule has 2 N–H and O–H groups in total. The van der Waals surface area contributed by atoms with Crippen LogP contribution in [0.2, 0.25) is 0 Å². The van der Waals surface area contributed by atoms with E-state index < -0.39 is 0 Å². The van der Waals surface area contributed by atoms with Crippen LogP contribution in [0.15, 0.2) is 21.6 Å². The number of rotatable bonds is 2. The quantitative estimate of drug-likeness (QED) is 0.510. The van der Waals surface area contributed by atoms with Crippen LogP contribution in [0.1, 0.15) is 20.8 Å². The Bertz CT molecular complexity index is 190. The van der Waals surface area contributed by atoms with Crippen LogP contribution in [0.25, 0.3) is 0 Å². The van der Waals surface area contributed by atoms with E-state index >= 15 is 0 Å². The predicted molar refractivity (Wildman–Crippen MR) is 54.9 cm³/mol. The lowest BCUT2D eigenvalue weighted by atomic mass is 10.2. The molecule has 1 unspecified atom stereocenters. The average molecular weight is 192 g/mol. The first-order chi connectivity index (χ1) is 4.95. The van der Waals surface area contributed by atoms with Crippen LogP contribution in [-0.2, 0) is 0 Å². The van der Waals surface area contributed by atoms with Gasteiger partial charge in [-0.15, -0.1) is 12.6 Å². The monoisotopic (exact) mass is 191 g/mol. The van der Waals surface area contributed by atoms with Crippen molar-refractivity contribution in [2.24, 2.45) is 5.73 Å². The highest BCUT2D eigenvalue weighted by molar-refractivity contribution is 7.84. The van der Waals surface area contributed by atoms with Crippen molar-refractivity contribution in [2.75, 3.05) is 0 Å². The van der Waals surface area contributed by atoms with Crippen molar-refractivity contribution >= 4 is 24.2 Å². The smallest absolute Gasteiger partial charge is 0.0513 e. The fourth-order valence-electron chi connectivity index (χ4n) is 0.545. The predicted octanol–water partition coefficient (Wildman–Crippen LogP) is 2.68. The maximum absolute atomic E-state index is 5.87. The van der Waals surface area contributed by atoms with Crippen molar-refractivity contribution in [1.29, 1.82) is 0 Å². The van der Waals surface area contributed by atoms with E-state index in [1.54, 1.807) is 0 Å². The molecule has 0 aliphatic heterocycles. The Balaban J connectivity index is 4.54. The fourth-order valence-corrected chi connectivity index (χ4v) is 1.000. The summed E-state index contributed by atoms with van der Waals surface area (Å²) >= 11 is 10.0. The van der Waals surface area contributed by atoms with Crippen LogP contribution in [0, 0.1) is 0 Å². The van der Waals surface area contributed by atoms with Gasteiger partial charge in [0.2, 0.25) is 0 Å². The number of allylic oxidation sites excluding steroid dienone is 3. The molecule has 0 spiro atoms. The number of thiol groups is 1. The summed E-state index contributed by atoms with van der Waals surface area (Å²) in [7, 11) is 0. The van der Waals surface area contributed by atoms with Crippen LogP contribution in [0.5, 0.6) is 0 Å². The topological polar surface area (TPSA) is 26.0 Å². The number of hydrogen-bond donors (Lipinski definition) is 2. The number of nitrogens with two attached hydrogens (primary N) is 1. The van der Waals surface area contributed by atoms with E-state index in [-0.39, 0.29) is 6.04 Å². The van der Waals surface area contributed by atoms with Gasteiger partial charge < -0.3 is 5.73 Å². The minimum atomic E-state index is -0.0959. The summed E-state index contributed by atoms with van der Waals surface area (Å²) in [6.45, 7) is 5.80. The highest BCUT2D eigenvalue weighted by Gasteiger charge is 2.01. The molecule has 64 valence electrons. The van der Waals surface area contributed by atoms with Gasteiger partial charge in [0.15, 0.2) is 0 Å². The Kier molecular flexibility index (Phi) is 4.89. The van der Waals surface area contributed by atoms with Gasteiger partial charge in [0, 0.05) is 10.9 Å². The molecule has 0 saturated carbocycles. The van der Waals surface area contributed by atoms with E-state index in [2.05, 4.69) is 12.6 Å². The Hall–Kier alpha value is 0.0800. The van der Waals surface area contributed by atoms with Crippen LogP contribution in [-0.4, -0.2) is 6.04 Å². The third kappa shape index (κ3) is 4.51. The van der Waals surface area contributed by atoms with Gasteiger partial charge in [-0.05, 0) is 26.8 Å². The maximum Gasteiger partial charge on any atom is 0.0513 e. The van der Waals surface area contributed by atoms with Gasteiger partial charge in [-0.1, -0.05) is 17.2 Å². The summed E-state index contributed by atoms with van der Waals surface area (Å²) in [6.07, 6.45) is 1.85. The Morgan fingerprint density at radius 3 is 2.27 bits per heavy atom. The van der Waals surface area contributed by atoms with Crippen LogP contribution >= 0.6 is 24.2 Å². The summed E-state index contributed by atoms with van der Waals surface area (Å²) in [5.74, 6) is 0. The second kappa shape index (κ2) is 4.86. The highest BCUT2D eigenvalue weighted by atomic mass is 35.5. The van der Waals surface area contributed by atoms with Crippen molar-refractivity contribution in [2.45, 2.75) is 26.8 Å². The lowest BCUT2D eigenvalue weighted by Crippen LogP contribution is -2.15. The molecule has 0 aliphatic rings. The molecular weight excluding hydrogens is 178 g/mol. The summed E-state index contributed by atoms with van der Waals surface area (Å²) in [6, 6.07) is -0.0959. The summed E-state index contributed by atoms with van der Waals surface area (Å²) in [4.78, 5) is 0.730. The summed E-state index contributed by atoms with van der Waals surface area (Å²) in [5, 5.41) is 0.628. The molecular formula is C8H14ClNS. The van der Waals surface area contributed by atoms with E-state index in [1.165, 1.54) is 0 Å². The van der Waals surface area contributed by atoms with Crippen LogP contribution in [0.4, 0.5) is 0 Å². The molecule has 0 bridgehead atoms. The van der Waals surface area contributed by atoms with Crippen molar-refractivity contribution in [3.8, 4) is 0 Å². The lowest BCUT2D eigenvalue weighted by molar-refractivity contribution is 0.910. The Morgan fingerprint density at radius 1 is 1.55 bits per heavy atom. The Morgan fingerprint density at radius 2 is 2.00 bits per heavy atom. The first-order valence-electron chi connectivity index (χ1n) is 3.44. The molecule has 0 fully saturated rings. The van der Waals surface area contributed by atoms with Gasteiger partial charge >= 0.3 is 0 Å². The number of hydrogen-bond acceptors (Lipinski definition) is 2. The molecule has 0 amide bonds. The fraction of sp³-hybridized carbons (Fsp3) is 0.500. The molecule has 0 saturated heterocycles. The molecule has 0 rings (SSSR count). The molecule has 0 aliphatic carbocycles.